The van der Waals surface area contributed by atoms with Crippen LogP contribution in [-0.2, 0) is 17.6 Å². The maximum absolute atomic E-state index is 11.9. The molecule has 2 aromatic rings. The third kappa shape index (κ3) is 7.34. The molecule has 1 aliphatic rings. The van der Waals surface area contributed by atoms with Crippen molar-refractivity contribution in [3.05, 3.63) is 71.8 Å². The SMILES string of the molecule is CC(=O)N1CCC[C@H]1CCC(CCCc1ccccc1)CCCc1ccccc1. The first-order valence-electron chi connectivity index (χ1n) is 11.6. The Morgan fingerprint density at radius 1 is 0.897 bits per heavy atom. The lowest BCUT2D eigenvalue weighted by Crippen LogP contribution is -2.33. The van der Waals surface area contributed by atoms with E-state index in [1.807, 2.05) is 0 Å². The summed E-state index contributed by atoms with van der Waals surface area (Å²) in [5, 5.41) is 0. The van der Waals surface area contributed by atoms with E-state index < -0.39 is 0 Å². The third-order valence-corrected chi connectivity index (χ3v) is 6.53. The smallest absolute Gasteiger partial charge is 0.219 e. The molecule has 29 heavy (non-hydrogen) atoms. The van der Waals surface area contributed by atoms with Gasteiger partial charge in [-0.3, -0.25) is 4.79 Å². The zero-order valence-electron chi connectivity index (χ0n) is 18.1. The molecule has 1 heterocycles. The summed E-state index contributed by atoms with van der Waals surface area (Å²) in [7, 11) is 0. The number of amides is 1. The van der Waals surface area contributed by atoms with Crippen molar-refractivity contribution in [2.75, 3.05) is 6.54 Å². The molecule has 0 radical (unpaired) electrons. The zero-order valence-corrected chi connectivity index (χ0v) is 18.1. The van der Waals surface area contributed by atoms with Gasteiger partial charge in [-0.25, -0.2) is 0 Å². The summed E-state index contributed by atoms with van der Waals surface area (Å²) < 4.78 is 0. The molecule has 0 unspecified atom stereocenters. The van der Waals surface area contributed by atoms with Crippen LogP contribution < -0.4 is 0 Å². The highest BCUT2D eigenvalue weighted by atomic mass is 16.2. The van der Waals surface area contributed by atoms with Crippen LogP contribution in [0.2, 0.25) is 0 Å². The Morgan fingerprint density at radius 3 is 1.97 bits per heavy atom. The average Bonchev–Trinajstić information content (AvgIpc) is 3.22. The number of aryl methyl sites for hydroxylation is 2. The van der Waals surface area contributed by atoms with Gasteiger partial charge in [0.25, 0.3) is 0 Å². The number of rotatable bonds is 11. The van der Waals surface area contributed by atoms with Gasteiger partial charge in [0.2, 0.25) is 5.91 Å². The highest BCUT2D eigenvalue weighted by molar-refractivity contribution is 5.73. The van der Waals surface area contributed by atoms with Gasteiger partial charge in [0.05, 0.1) is 0 Å². The molecule has 1 fully saturated rings. The van der Waals surface area contributed by atoms with Crippen LogP contribution in [-0.4, -0.2) is 23.4 Å². The first-order chi connectivity index (χ1) is 14.2. The molecule has 2 heteroatoms. The zero-order chi connectivity index (χ0) is 20.3. The number of likely N-dealkylation sites (tertiary alicyclic amines) is 1. The summed E-state index contributed by atoms with van der Waals surface area (Å²) in [4.78, 5) is 14.0. The van der Waals surface area contributed by atoms with Crippen molar-refractivity contribution in [3.8, 4) is 0 Å². The predicted octanol–water partition coefficient (Wildman–Crippen LogP) is 6.44. The van der Waals surface area contributed by atoms with Crippen LogP contribution in [0.25, 0.3) is 0 Å². The van der Waals surface area contributed by atoms with E-state index in [4.69, 9.17) is 0 Å². The van der Waals surface area contributed by atoms with Crippen molar-refractivity contribution < 1.29 is 4.79 Å². The monoisotopic (exact) mass is 391 g/mol. The number of hydrogen-bond donors (Lipinski definition) is 0. The Morgan fingerprint density at radius 2 is 1.45 bits per heavy atom. The lowest BCUT2D eigenvalue weighted by Gasteiger charge is -2.25. The number of carbonyl (C=O) groups is 1. The number of carbonyl (C=O) groups excluding carboxylic acids is 1. The molecule has 1 aliphatic heterocycles. The maximum atomic E-state index is 11.9. The highest BCUT2D eigenvalue weighted by Gasteiger charge is 2.26. The first kappa shape index (κ1) is 21.6. The van der Waals surface area contributed by atoms with E-state index >= 15 is 0 Å². The van der Waals surface area contributed by atoms with Gasteiger partial charge in [-0.2, -0.15) is 0 Å². The molecule has 2 nitrogen and oxygen atoms in total. The maximum Gasteiger partial charge on any atom is 0.219 e. The van der Waals surface area contributed by atoms with E-state index in [2.05, 4.69) is 65.6 Å². The fourth-order valence-electron chi connectivity index (χ4n) is 4.89. The predicted molar refractivity (Wildman–Crippen MR) is 122 cm³/mol. The Hall–Kier alpha value is -2.09. The van der Waals surface area contributed by atoms with E-state index in [1.165, 1.54) is 75.3 Å². The van der Waals surface area contributed by atoms with Crippen LogP contribution in [0.3, 0.4) is 0 Å². The fraction of sp³-hybridized carbons (Fsp3) is 0.519. The largest absolute Gasteiger partial charge is 0.340 e. The summed E-state index contributed by atoms with van der Waals surface area (Å²) in [5.74, 6) is 1.04. The standard InChI is InChI=1S/C27H37NO/c1-23(29)28-22-10-19-27(28)21-20-26(17-8-15-24-11-4-2-5-12-24)18-9-16-25-13-6-3-7-14-25/h2-7,11-14,26-27H,8-10,15-22H2,1H3/t27-/m0/s1. The van der Waals surface area contributed by atoms with Gasteiger partial charge in [0, 0.05) is 19.5 Å². The van der Waals surface area contributed by atoms with E-state index in [9.17, 15) is 4.79 Å². The van der Waals surface area contributed by atoms with Gasteiger partial charge >= 0.3 is 0 Å². The lowest BCUT2D eigenvalue weighted by atomic mass is 9.88. The van der Waals surface area contributed by atoms with Crippen LogP contribution in [0, 0.1) is 5.92 Å². The van der Waals surface area contributed by atoms with Crippen molar-refractivity contribution in [1.29, 1.82) is 0 Å². The Balaban J connectivity index is 1.48. The van der Waals surface area contributed by atoms with Crippen LogP contribution >= 0.6 is 0 Å². The minimum absolute atomic E-state index is 0.261. The van der Waals surface area contributed by atoms with Crippen molar-refractivity contribution in [1.82, 2.24) is 4.90 Å². The molecule has 1 atom stereocenters. The minimum atomic E-state index is 0.261. The quantitative estimate of drug-likeness (QED) is 0.431. The van der Waals surface area contributed by atoms with E-state index in [1.54, 1.807) is 6.92 Å². The van der Waals surface area contributed by atoms with Crippen LogP contribution in [0.5, 0.6) is 0 Å². The molecular formula is C27H37NO. The molecule has 1 saturated heterocycles. The molecule has 1 amide bonds. The Kier molecular flexibility index (Phi) is 8.80. The molecule has 3 rings (SSSR count). The van der Waals surface area contributed by atoms with Crippen molar-refractivity contribution in [3.63, 3.8) is 0 Å². The van der Waals surface area contributed by atoms with Gasteiger partial charge in [-0.05, 0) is 68.4 Å². The van der Waals surface area contributed by atoms with Gasteiger partial charge in [-0.1, -0.05) is 73.5 Å². The number of benzene rings is 2. The third-order valence-electron chi connectivity index (χ3n) is 6.53. The van der Waals surface area contributed by atoms with Gasteiger partial charge in [0.15, 0.2) is 0 Å². The molecule has 0 aliphatic carbocycles. The number of nitrogens with zero attached hydrogens (tertiary/aromatic N) is 1. The van der Waals surface area contributed by atoms with Gasteiger partial charge < -0.3 is 4.90 Å². The van der Waals surface area contributed by atoms with Crippen LogP contribution in [0.15, 0.2) is 60.7 Å². The molecular weight excluding hydrogens is 354 g/mol. The second kappa shape index (κ2) is 11.8. The summed E-state index contributed by atoms with van der Waals surface area (Å²) in [6.07, 6.45) is 12.3. The summed E-state index contributed by atoms with van der Waals surface area (Å²) in [6, 6.07) is 22.2. The highest BCUT2D eigenvalue weighted by Crippen LogP contribution is 2.28. The molecule has 0 spiro atoms. The molecule has 156 valence electrons. The topological polar surface area (TPSA) is 20.3 Å². The molecule has 0 bridgehead atoms. The molecule has 2 aromatic carbocycles. The van der Waals surface area contributed by atoms with E-state index in [0.29, 0.717) is 6.04 Å². The molecule has 0 aromatic heterocycles. The Labute approximate surface area is 177 Å². The van der Waals surface area contributed by atoms with Crippen molar-refractivity contribution in [2.24, 2.45) is 5.92 Å². The second-order valence-electron chi connectivity index (χ2n) is 8.71. The molecule has 0 saturated carbocycles. The van der Waals surface area contributed by atoms with Crippen molar-refractivity contribution in [2.45, 2.75) is 77.2 Å². The number of hydrogen-bond acceptors (Lipinski definition) is 1. The summed E-state index contributed by atoms with van der Waals surface area (Å²) in [5.41, 5.74) is 2.91. The summed E-state index contributed by atoms with van der Waals surface area (Å²) in [6.45, 7) is 2.70. The van der Waals surface area contributed by atoms with Crippen LogP contribution in [0.4, 0.5) is 0 Å². The minimum Gasteiger partial charge on any atom is -0.340 e. The van der Waals surface area contributed by atoms with Gasteiger partial charge in [0.1, 0.15) is 0 Å². The van der Waals surface area contributed by atoms with E-state index in [0.717, 1.165) is 12.5 Å². The van der Waals surface area contributed by atoms with Crippen LogP contribution in [0.1, 0.15) is 69.4 Å². The van der Waals surface area contributed by atoms with Crippen molar-refractivity contribution >= 4 is 5.91 Å². The van der Waals surface area contributed by atoms with E-state index in [-0.39, 0.29) is 5.91 Å². The van der Waals surface area contributed by atoms with Gasteiger partial charge in [-0.15, -0.1) is 0 Å². The average molecular weight is 392 g/mol. The lowest BCUT2D eigenvalue weighted by molar-refractivity contribution is -0.129. The normalized spacial score (nSPS) is 16.5. The Bertz CT molecular complexity index is 666. The summed E-state index contributed by atoms with van der Waals surface area (Å²) >= 11 is 0. The molecule has 0 N–H and O–H groups in total. The fourth-order valence-corrected chi connectivity index (χ4v) is 4.89. The second-order valence-corrected chi connectivity index (χ2v) is 8.71. The first-order valence-corrected chi connectivity index (χ1v) is 11.6.